The number of rotatable bonds is 2. The van der Waals surface area contributed by atoms with Crippen molar-refractivity contribution in [3.8, 4) is 11.3 Å². The van der Waals surface area contributed by atoms with Gasteiger partial charge in [-0.1, -0.05) is 22.8 Å². The van der Waals surface area contributed by atoms with Gasteiger partial charge in [0.05, 0.1) is 5.02 Å². The molecule has 1 aromatic carbocycles. The summed E-state index contributed by atoms with van der Waals surface area (Å²) in [5.74, 6) is 0.277. The fourth-order valence-electron chi connectivity index (χ4n) is 1.55. The normalized spacial score (nSPS) is 10.4. The van der Waals surface area contributed by atoms with Gasteiger partial charge in [0.1, 0.15) is 5.69 Å². The van der Waals surface area contributed by atoms with Crippen LogP contribution in [0.4, 0.5) is 11.6 Å². The summed E-state index contributed by atoms with van der Waals surface area (Å²) < 4.78 is 4.86. The molecule has 2 N–H and O–H groups in total. The van der Waals surface area contributed by atoms with E-state index in [9.17, 15) is 0 Å². The molecule has 4 nitrogen and oxygen atoms in total. The summed E-state index contributed by atoms with van der Waals surface area (Å²) in [7, 11) is 3.89. The van der Waals surface area contributed by atoms with E-state index in [4.69, 9.17) is 21.9 Å². The molecule has 0 fully saturated rings. The largest absolute Gasteiger partial charge is 0.377 e. The summed E-state index contributed by atoms with van der Waals surface area (Å²) in [6, 6.07) is 7.33. The standard InChI is InChI=1S/C11H12ClN3O/c1-15(2)9-5-3-4-7(12)11(9)8-6-10(13)16-14-8/h3-6H,13H2,1-2H3. The van der Waals surface area contributed by atoms with Gasteiger partial charge < -0.3 is 15.2 Å². The van der Waals surface area contributed by atoms with Gasteiger partial charge in [-0.25, -0.2) is 0 Å². The minimum Gasteiger partial charge on any atom is -0.377 e. The van der Waals surface area contributed by atoms with Crippen LogP contribution in [-0.4, -0.2) is 19.3 Å². The van der Waals surface area contributed by atoms with Crippen molar-refractivity contribution in [2.45, 2.75) is 0 Å². The molecule has 0 unspecified atom stereocenters. The van der Waals surface area contributed by atoms with Gasteiger partial charge in [0.2, 0.25) is 5.88 Å². The van der Waals surface area contributed by atoms with Crippen molar-refractivity contribution in [2.24, 2.45) is 0 Å². The third-order valence-corrected chi connectivity index (χ3v) is 2.57. The summed E-state index contributed by atoms with van der Waals surface area (Å²) >= 11 is 6.17. The second kappa shape index (κ2) is 4.06. The van der Waals surface area contributed by atoms with Gasteiger partial charge >= 0.3 is 0 Å². The molecule has 2 aromatic rings. The predicted molar refractivity (Wildman–Crippen MR) is 65.7 cm³/mol. The smallest absolute Gasteiger partial charge is 0.222 e. The molecule has 2 rings (SSSR count). The maximum absolute atomic E-state index is 6.17. The lowest BCUT2D eigenvalue weighted by atomic mass is 10.1. The molecule has 0 atom stereocenters. The molecule has 0 radical (unpaired) electrons. The van der Waals surface area contributed by atoms with Gasteiger partial charge in [0.15, 0.2) is 0 Å². The van der Waals surface area contributed by atoms with E-state index in [-0.39, 0.29) is 5.88 Å². The van der Waals surface area contributed by atoms with E-state index in [0.29, 0.717) is 10.7 Å². The van der Waals surface area contributed by atoms with E-state index >= 15 is 0 Å². The number of hydrogen-bond acceptors (Lipinski definition) is 4. The molecule has 1 heterocycles. The first-order chi connectivity index (χ1) is 7.59. The minimum atomic E-state index is 0.277. The highest BCUT2D eigenvalue weighted by molar-refractivity contribution is 6.34. The Balaban J connectivity index is 2.62. The van der Waals surface area contributed by atoms with Crippen LogP contribution in [0, 0.1) is 0 Å². The zero-order chi connectivity index (χ0) is 11.7. The molecule has 0 aliphatic rings. The molecule has 84 valence electrons. The quantitative estimate of drug-likeness (QED) is 0.873. The topological polar surface area (TPSA) is 55.3 Å². The zero-order valence-corrected chi connectivity index (χ0v) is 9.82. The van der Waals surface area contributed by atoms with E-state index in [1.807, 2.05) is 37.2 Å². The van der Waals surface area contributed by atoms with Crippen molar-refractivity contribution in [2.75, 3.05) is 24.7 Å². The van der Waals surface area contributed by atoms with Crippen LogP contribution in [0.15, 0.2) is 28.8 Å². The molecule has 0 bridgehead atoms. The summed E-state index contributed by atoms with van der Waals surface area (Å²) in [4.78, 5) is 1.96. The first-order valence-electron chi connectivity index (χ1n) is 4.78. The molecular weight excluding hydrogens is 226 g/mol. The highest BCUT2D eigenvalue weighted by Gasteiger charge is 2.14. The van der Waals surface area contributed by atoms with Crippen LogP contribution >= 0.6 is 11.6 Å². The Morgan fingerprint density at radius 2 is 2.12 bits per heavy atom. The zero-order valence-electron chi connectivity index (χ0n) is 9.07. The highest BCUT2D eigenvalue weighted by Crippen LogP contribution is 2.35. The molecule has 0 saturated heterocycles. The Labute approximate surface area is 98.6 Å². The Hall–Kier alpha value is -1.68. The lowest BCUT2D eigenvalue weighted by Gasteiger charge is -2.16. The van der Waals surface area contributed by atoms with Gasteiger partial charge in [0, 0.05) is 31.4 Å². The SMILES string of the molecule is CN(C)c1cccc(Cl)c1-c1cc(N)on1. The van der Waals surface area contributed by atoms with Crippen LogP contribution in [0.2, 0.25) is 5.02 Å². The van der Waals surface area contributed by atoms with E-state index < -0.39 is 0 Å². The second-order valence-corrected chi connectivity index (χ2v) is 4.05. The first kappa shape index (κ1) is 10.8. The van der Waals surface area contributed by atoms with Gasteiger partial charge in [0.25, 0.3) is 0 Å². The lowest BCUT2D eigenvalue weighted by Crippen LogP contribution is -2.10. The number of benzene rings is 1. The number of hydrogen-bond donors (Lipinski definition) is 1. The summed E-state index contributed by atoms with van der Waals surface area (Å²) in [5.41, 5.74) is 7.95. The van der Waals surface area contributed by atoms with Crippen molar-refractivity contribution in [1.82, 2.24) is 5.16 Å². The van der Waals surface area contributed by atoms with Gasteiger partial charge in [-0.3, -0.25) is 0 Å². The van der Waals surface area contributed by atoms with E-state index in [1.165, 1.54) is 0 Å². The first-order valence-corrected chi connectivity index (χ1v) is 5.16. The third kappa shape index (κ3) is 1.84. The van der Waals surface area contributed by atoms with Crippen LogP contribution in [0.25, 0.3) is 11.3 Å². The summed E-state index contributed by atoms with van der Waals surface area (Å²) in [5, 5.41) is 4.50. The Kier molecular flexibility index (Phi) is 2.75. The monoisotopic (exact) mass is 237 g/mol. The van der Waals surface area contributed by atoms with Crippen LogP contribution in [-0.2, 0) is 0 Å². The number of nitrogen functional groups attached to an aromatic ring is 1. The molecule has 16 heavy (non-hydrogen) atoms. The molecule has 0 saturated carbocycles. The Morgan fingerprint density at radius 3 is 2.69 bits per heavy atom. The molecule has 5 heteroatoms. The van der Waals surface area contributed by atoms with Crippen molar-refractivity contribution in [1.29, 1.82) is 0 Å². The maximum Gasteiger partial charge on any atom is 0.222 e. The van der Waals surface area contributed by atoms with Gasteiger partial charge in [-0.05, 0) is 12.1 Å². The summed E-state index contributed by atoms with van der Waals surface area (Å²) in [6.07, 6.45) is 0. The lowest BCUT2D eigenvalue weighted by molar-refractivity contribution is 0.439. The molecule has 0 aliphatic heterocycles. The highest BCUT2D eigenvalue weighted by atomic mass is 35.5. The fourth-order valence-corrected chi connectivity index (χ4v) is 1.81. The van der Waals surface area contributed by atoms with E-state index in [2.05, 4.69) is 5.16 Å². The van der Waals surface area contributed by atoms with E-state index in [1.54, 1.807) is 6.07 Å². The Morgan fingerprint density at radius 1 is 1.38 bits per heavy atom. The van der Waals surface area contributed by atoms with Crippen LogP contribution in [0.1, 0.15) is 0 Å². The third-order valence-electron chi connectivity index (χ3n) is 2.26. The summed E-state index contributed by atoms with van der Waals surface area (Å²) in [6.45, 7) is 0. The number of nitrogens with zero attached hydrogens (tertiary/aromatic N) is 2. The maximum atomic E-state index is 6.17. The van der Waals surface area contributed by atoms with Crippen LogP contribution in [0.5, 0.6) is 0 Å². The van der Waals surface area contributed by atoms with Crippen molar-refractivity contribution in [3.63, 3.8) is 0 Å². The number of aromatic nitrogens is 1. The van der Waals surface area contributed by atoms with E-state index in [0.717, 1.165) is 11.3 Å². The van der Waals surface area contributed by atoms with Crippen molar-refractivity contribution < 1.29 is 4.52 Å². The molecule has 1 aromatic heterocycles. The number of anilines is 2. The number of halogens is 1. The Bertz CT molecular complexity index is 508. The van der Waals surface area contributed by atoms with Crippen LogP contribution < -0.4 is 10.6 Å². The fraction of sp³-hybridized carbons (Fsp3) is 0.182. The molecule has 0 aliphatic carbocycles. The molecular formula is C11H12ClN3O. The predicted octanol–water partition coefficient (Wildman–Crippen LogP) is 2.64. The number of nitrogens with two attached hydrogens (primary N) is 1. The van der Waals surface area contributed by atoms with Gasteiger partial charge in [-0.15, -0.1) is 0 Å². The minimum absolute atomic E-state index is 0.277. The second-order valence-electron chi connectivity index (χ2n) is 3.64. The van der Waals surface area contributed by atoms with Crippen LogP contribution in [0.3, 0.4) is 0 Å². The van der Waals surface area contributed by atoms with Crippen molar-refractivity contribution >= 4 is 23.2 Å². The molecule has 0 amide bonds. The average Bonchev–Trinajstić information content (AvgIpc) is 2.64. The molecule has 0 spiro atoms. The van der Waals surface area contributed by atoms with Gasteiger partial charge in [-0.2, -0.15) is 0 Å². The average molecular weight is 238 g/mol. The van der Waals surface area contributed by atoms with Crippen molar-refractivity contribution in [3.05, 3.63) is 29.3 Å².